The van der Waals surface area contributed by atoms with Crippen LogP contribution in [0, 0.1) is 5.92 Å². The molecule has 1 atom stereocenters. The van der Waals surface area contributed by atoms with Gasteiger partial charge in [0.1, 0.15) is 5.82 Å². The second kappa shape index (κ2) is 7.86. The standard InChI is InChI=1S/C17H26ClN5/c1-2-19-17(21-11-13-5-3-6-13)22-14-8-10-23(12-14)16-15(18)7-4-9-20-16/h4,7,9,13-14H,2-3,5-6,8,10-12H2,1H3,(H2,19,21,22). The molecule has 1 aromatic heterocycles. The molecule has 2 N–H and O–H groups in total. The molecular weight excluding hydrogens is 310 g/mol. The van der Waals surface area contributed by atoms with E-state index in [1.165, 1.54) is 19.3 Å². The molecule has 0 bridgehead atoms. The monoisotopic (exact) mass is 335 g/mol. The second-order valence-electron chi connectivity index (χ2n) is 6.40. The Morgan fingerprint density at radius 3 is 3.00 bits per heavy atom. The van der Waals surface area contributed by atoms with Gasteiger partial charge in [0, 0.05) is 38.4 Å². The summed E-state index contributed by atoms with van der Waals surface area (Å²) in [4.78, 5) is 11.4. The molecule has 3 rings (SSSR count). The Morgan fingerprint density at radius 1 is 1.43 bits per heavy atom. The number of pyridine rings is 1. The number of anilines is 1. The van der Waals surface area contributed by atoms with E-state index in [2.05, 4.69) is 27.4 Å². The molecule has 2 heterocycles. The Balaban J connectivity index is 1.55. The zero-order valence-electron chi connectivity index (χ0n) is 13.8. The number of rotatable bonds is 5. The van der Waals surface area contributed by atoms with Crippen LogP contribution < -0.4 is 15.5 Å². The fraction of sp³-hybridized carbons (Fsp3) is 0.647. The van der Waals surface area contributed by atoms with E-state index in [1.807, 2.05) is 12.1 Å². The first-order valence-electron chi connectivity index (χ1n) is 8.66. The van der Waals surface area contributed by atoms with E-state index in [1.54, 1.807) is 6.20 Å². The van der Waals surface area contributed by atoms with Gasteiger partial charge >= 0.3 is 0 Å². The van der Waals surface area contributed by atoms with Crippen LogP contribution in [-0.4, -0.2) is 43.2 Å². The first-order valence-corrected chi connectivity index (χ1v) is 9.04. The first kappa shape index (κ1) is 16.4. The van der Waals surface area contributed by atoms with Crippen LogP contribution in [0.25, 0.3) is 0 Å². The van der Waals surface area contributed by atoms with Crippen molar-refractivity contribution < 1.29 is 0 Å². The van der Waals surface area contributed by atoms with Crippen LogP contribution in [0.1, 0.15) is 32.6 Å². The molecule has 0 spiro atoms. The predicted molar refractivity (Wildman–Crippen MR) is 96.3 cm³/mol. The topological polar surface area (TPSA) is 52.6 Å². The number of halogens is 1. The van der Waals surface area contributed by atoms with Gasteiger partial charge in [-0.3, -0.25) is 4.99 Å². The van der Waals surface area contributed by atoms with Gasteiger partial charge < -0.3 is 15.5 Å². The van der Waals surface area contributed by atoms with Crippen molar-refractivity contribution in [3.63, 3.8) is 0 Å². The normalized spacial score (nSPS) is 22.1. The maximum absolute atomic E-state index is 6.25. The van der Waals surface area contributed by atoms with Crippen molar-refractivity contribution in [3.05, 3.63) is 23.4 Å². The van der Waals surface area contributed by atoms with Crippen molar-refractivity contribution in [1.82, 2.24) is 15.6 Å². The molecule has 2 fully saturated rings. The third kappa shape index (κ3) is 4.28. The maximum atomic E-state index is 6.25. The van der Waals surface area contributed by atoms with Crippen LogP contribution in [0.2, 0.25) is 5.02 Å². The molecule has 1 aromatic rings. The van der Waals surface area contributed by atoms with Gasteiger partial charge in [-0.05, 0) is 44.2 Å². The maximum Gasteiger partial charge on any atom is 0.191 e. The van der Waals surface area contributed by atoms with Gasteiger partial charge in [-0.15, -0.1) is 0 Å². The molecule has 2 aliphatic rings. The van der Waals surface area contributed by atoms with Crippen molar-refractivity contribution in [3.8, 4) is 0 Å². The summed E-state index contributed by atoms with van der Waals surface area (Å²) in [5.41, 5.74) is 0. The number of guanidine groups is 1. The van der Waals surface area contributed by atoms with Crippen LogP contribution in [0.5, 0.6) is 0 Å². The minimum Gasteiger partial charge on any atom is -0.357 e. The zero-order valence-corrected chi connectivity index (χ0v) is 14.5. The lowest BCUT2D eigenvalue weighted by Gasteiger charge is -2.24. The van der Waals surface area contributed by atoms with E-state index >= 15 is 0 Å². The molecule has 0 amide bonds. The largest absolute Gasteiger partial charge is 0.357 e. The molecule has 0 radical (unpaired) electrons. The molecule has 1 aliphatic heterocycles. The number of nitrogens with one attached hydrogen (secondary N) is 2. The molecule has 1 saturated carbocycles. The van der Waals surface area contributed by atoms with Crippen molar-refractivity contribution in [1.29, 1.82) is 0 Å². The average Bonchev–Trinajstić information content (AvgIpc) is 2.94. The van der Waals surface area contributed by atoms with E-state index < -0.39 is 0 Å². The summed E-state index contributed by atoms with van der Waals surface area (Å²) in [7, 11) is 0. The van der Waals surface area contributed by atoms with Crippen LogP contribution in [0.15, 0.2) is 23.3 Å². The Kier molecular flexibility index (Phi) is 5.60. The lowest BCUT2D eigenvalue weighted by atomic mass is 9.86. The van der Waals surface area contributed by atoms with Crippen LogP contribution >= 0.6 is 11.6 Å². The van der Waals surface area contributed by atoms with E-state index in [0.717, 1.165) is 55.3 Å². The van der Waals surface area contributed by atoms with Gasteiger partial charge in [0.2, 0.25) is 0 Å². The highest BCUT2D eigenvalue weighted by Crippen LogP contribution is 2.27. The van der Waals surface area contributed by atoms with E-state index in [9.17, 15) is 0 Å². The van der Waals surface area contributed by atoms with Gasteiger partial charge in [-0.2, -0.15) is 0 Å². The number of hydrogen-bond donors (Lipinski definition) is 2. The Labute approximate surface area is 143 Å². The summed E-state index contributed by atoms with van der Waals surface area (Å²) >= 11 is 6.25. The van der Waals surface area contributed by atoms with Crippen LogP contribution in [0.3, 0.4) is 0 Å². The smallest absolute Gasteiger partial charge is 0.191 e. The second-order valence-corrected chi connectivity index (χ2v) is 6.81. The summed E-state index contributed by atoms with van der Waals surface area (Å²) in [5, 5.41) is 7.64. The van der Waals surface area contributed by atoms with Gasteiger partial charge in [0.25, 0.3) is 0 Å². The first-order chi connectivity index (χ1) is 11.3. The molecule has 23 heavy (non-hydrogen) atoms. The minimum atomic E-state index is 0.382. The summed E-state index contributed by atoms with van der Waals surface area (Å²) in [5.74, 6) is 2.62. The van der Waals surface area contributed by atoms with Gasteiger partial charge in [0.15, 0.2) is 5.96 Å². The Morgan fingerprint density at radius 2 is 2.30 bits per heavy atom. The van der Waals surface area contributed by atoms with Crippen molar-refractivity contribution in [2.24, 2.45) is 10.9 Å². The molecule has 1 aliphatic carbocycles. The fourth-order valence-electron chi connectivity index (χ4n) is 3.09. The zero-order chi connectivity index (χ0) is 16.1. The summed E-state index contributed by atoms with van der Waals surface area (Å²) < 4.78 is 0. The third-order valence-corrected chi connectivity index (χ3v) is 4.94. The SMILES string of the molecule is CCNC(=NCC1CCC1)NC1CCN(c2ncccc2Cl)C1. The summed E-state index contributed by atoms with van der Waals surface area (Å²) in [6.45, 7) is 5.81. The molecule has 0 aromatic carbocycles. The van der Waals surface area contributed by atoms with Crippen molar-refractivity contribution in [2.45, 2.75) is 38.6 Å². The Bertz CT molecular complexity index is 544. The minimum absolute atomic E-state index is 0.382. The third-order valence-electron chi connectivity index (χ3n) is 4.64. The predicted octanol–water partition coefficient (Wildman–Crippen LogP) is 2.67. The highest BCUT2D eigenvalue weighted by molar-refractivity contribution is 6.32. The lowest BCUT2D eigenvalue weighted by Crippen LogP contribution is -2.45. The lowest BCUT2D eigenvalue weighted by molar-refractivity contribution is 0.325. The molecule has 6 heteroatoms. The van der Waals surface area contributed by atoms with E-state index in [-0.39, 0.29) is 0 Å². The number of hydrogen-bond acceptors (Lipinski definition) is 3. The van der Waals surface area contributed by atoms with Gasteiger partial charge in [-0.1, -0.05) is 18.0 Å². The van der Waals surface area contributed by atoms with Crippen LogP contribution in [0.4, 0.5) is 5.82 Å². The number of aromatic nitrogens is 1. The van der Waals surface area contributed by atoms with E-state index in [4.69, 9.17) is 16.6 Å². The van der Waals surface area contributed by atoms with Gasteiger partial charge in [-0.25, -0.2) is 4.98 Å². The van der Waals surface area contributed by atoms with Crippen LogP contribution in [-0.2, 0) is 0 Å². The fourth-order valence-corrected chi connectivity index (χ4v) is 3.33. The molecule has 5 nitrogen and oxygen atoms in total. The summed E-state index contributed by atoms with van der Waals surface area (Å²) in [6.07, 6.45) is 6.90. The van der Waals surface area contributed by atoms with Crippen molar-refractivity contribution in [2.75, 3.05) is 31.1 Å². The van der Waals surface area contributed by atoms with Gasteiger partial charge in [0.05, 0.1) is 5.02 Å². The summed E-state index contributed by atoms with van der Waals surface area (Å²) in [6, 6.07) is 4.15. The molecule has 126 valence electrons. The quantitative estimate of drug-likeness (QED) is 0.641. The highest BCUT2D eigenvalue weighted by Gasteiger charge is 2.25. The molecular formula is C17H26ClN5. The highest BCUT2D eigenvalue weighted by atomic mass is 35.5. The number of aliphatic imine (C=N–C) groups is 1. The van der Waals surface area contributed by atoms with Crippen molar-refractivity contribution >= 4 is 23.4 Å². The Hall–Kier alpha value is -1.49. The number of nitrogens with zero attached hydrogens (tertiary/aromatic N) is 3. The van der Waals surface area contributed by atoms with E-state index in [0.29, 0.717) is 6.04 Å². The average molecular weight is 336 g/mol. The molecule has 1 unspecified atom stereocenters. The molecule has 1 saturated heterocycles.